The molecule has 0 aliphatic carbocycles. The number of benzene rings is 1. The Morgan fingerprint density at radius 3 is 2.62 bits per heavy atom. The lowest BCUT2D eigenvalue weighted by Gasteiger charge is -2.18. The summed E-state index contributed by atoms with van der Waals surface area (Å²) in [5.41, 5.74) is -0.871. The standard InChI is InChI=1S/C14H15F4N3/c1-2-5-19-12(13-20-6-7-21-13)9-3-4-10(11(15)8-9)14(16,17)18/h3-4,6-8,12,19H,2,5H2,1H3,(H,20,21). The molecule has 0 saturated heterocycles. The van der Waals surface area contributed by atoms with E-state index in [1.807, 2.05) is 6.92 Å². The maximum absolute atomic E-state index is 13.7. The molecule has 3 nitrogen and oxygen atoms in total. The normalized spacial score (nSPS) is 13.4. The molecule has 0 radical (unpaired) electrons. The number of hydrogen-bond donors (Lipinski definition) is 2. The number of nitrogens with zero attached hydrogens (tertiary/aromatic N) is 1. The predicted octanol–water partition coefficient (Wildman–Crippen LogP) is 3.66. The van der Waals surface area contributed by atoms with Crippen LogP contribution in [0.3, 0.4) is 0 Å². The van der Waals surface area contributed by atoms with Crippen LogP contribution in [0, 0.1) is 5.82 Å². The number of rotatable bonds is 5. The fraction of sp³-hybridized carbons (Fsp3) is 0.357. The zero-order valence-electron chi connectivity index (χ0n) is 11.3. The van der Waals surface area contributed by atoms with E-state index in [4.69, 9.17) is 0 Å². The lowest BCUT2D eigenvalue weighted by Crippen LogP contribution is -2.24. The molecule has 0 aliphatic heterocycles. The number of hydrogen-bond acceptors (Lipinski definition) is 2. The van der Waals surface area contributed by atoms with Crippen molar-refractivity contribution in [2.75, 3.05) is 6.54 Å². The molecule has 0 fully saturated rings. The Balaban J connectivity index is 2.35. The zero-order valence-corrected chi connectivity index (χ0v) is 11.3. The predicted molar refractivity (Wildman–Crippen MR) is 70.1 cm³/mol. The smallest absolute Gasteiger partial charge is 0.347 e. The average molecular weight is 301 g/mol. The van der Waals surface area contributed by atoms with Gasteiger partial charge in [-0.15, -0.1) is 0 Å². The number of aromatic amines is 1. The van der Waals surface area contributed by atoms with Crippen molar-refractivity contribution in [2.45, 2.75) is 25.6 Å². The fourth-order valence-electron chi connectivity index (χ4n) is 2.04. The zero-order chi connectivity index (χ0) is 15.5. The van der Waals surface area contributed by atoms with Crippen LogP contribution in [0.4, 0.5) is 17.6 Å². The Kier molecular flexibility index (Phi) is 4.62. The average Bonchev–Trinajstić information content (AvgIpc) is 2.91. The van der Waals surface area contributed by atoms with E-state index in [0.29, 0.717) is 17.9 Å². The topological polar surface area (TPSA) is 40.7 Å². The first-order chi connectivity index (χ1) is 9.93. The molecule has 0 spiro atoms. The second-order valence-electron chi connectivity index (χ2n) is 4.60. The summed E-state index contributed by atoms with van der Waals surface area (Å²) in [5.74, 6) is -0.752. The molecule has 0 saturated carbocycles. The van der Waals surface area contributed by atoms with Crippen LogP contribution in [0.1, 0.15) is 36.3 Å². The number of aromatic nitrogens is 2. The van der Waals surface area contributed by atoms with Crippen LogP contribution in [0.15, 0.2) is 30.6 Å². The maximum atomic E-state index is 13.7. The van der Waals surface area contributed by atoms with Gasteiger partial charge in [0.2, 0.25) is 0 Å². The molecule has 1 atom stereocenters. The van der Waals surface area contributed by atoms with Crippen LogP contribution < -0.4 is 5.32 Å². The molecule has 0 amide bonds. The molecule has 1 unspecified atom stereocenters. The lowest BCUT2D eigenvalue weighted by atomic mass is 10.0. The van der Waals surface area contributed by atoms with E-state index in [0.717, 1.165) is 18.6 Å². The number of alkyl halides is 3. The van der Waals surface area contributed by atoms with Crippen molar-refractivity contribution >= 4 is 0 Å². The van der Waals surface area contributed by atoms with Gasteiger partial charge in [0.25, 0.3) is 0 Å². The van der Waals surface area contributed by atoms with Crippen molar-refractivity contribution in [3.63, 3.8) is 0 Å². The SMILES string of the molecule is CCCNC(c1ccc(C(F)(F)F)c(F)c1)c1ncc[nH]1. The monoisotopic (exact) mass is 301 g/mol. The first kappa shape index (κ1) is 15.5. The van der Waals surface area contributed by atoms with Crippen molar-refractivity contribution < 1.29 is 17.6 Å². The van der Waals surface area contributed by atoms with Gasteiger partial charge in [-0.2, -0.15) is 13.2 Å². The van der Waals surface area contributed by atoms with Gasteiger partial charge in [-0.05, 0) is 30.7 Å². The number of halogens is 4. The Labute approximate surface area is 119 Å². The van der Waals surface area contributed by atoms with Crippen LogP contribution in [0.2, 0.25) is 0 Å². The van der Waals surface area contributed by atoms with Crippen molar-refractivity contribution in [1.29, 1.82) is 0 Å². The second kappa shape index (κ2) is 6.26. The summed E-state index contributed by atoms with van der Waals surface area (Å²) in [6.45, 7) is 2.59. The van der Waals surface area contributed by atoms with Crippen molar-refractivity contribution in [2.24, 2.45) is 0 Å². The van der Waals surface area contributed by atoms with Gasteiger partial charge in [0, 0.05) is 12.4 Å². The summed E-state index contributed by atoms with van der Waals surface area (Å²) in [5, 5.41) is 3.13. The Morgan fingerprint density at radius 2 is 2.10 bits per heavy atom. The summed E-state index contributed by atoms with van der Waals surface area (Å²) in [6.07, 6.45) is -0.716. The first-order valence-corrected chi connectivity index (χ1v) is 6.52. The highest BCUT2D eigenvalue weighted by Gasteiger charge is 2.34. The van der Waals surface area contributed by atoms with Gasteiger partial charge in [-0.25, -0.2) is 9.37 Å². The number of nitrogens with one attached hydrogen (secondary N) is 2. The molecule has 1 heterocycles. The summed E-state index contributed by atoms with van der Waals surface area (Å²) in [7, 11) is 0. The van der Waals surface area contributed by atoms with Gasteiger partial charge >= 0.3 is 6.18 Å². The van der Waals surface area contributed by atoms with Crippen LogP contribution in [-0.2, 0) is 6.18 Å². The molecular weight excluding hydrogens is 286 g/mol. The lowest BCUT2D eigenvalue weighted by molar-refractivity contribution is -0.140. The highest BCUT2D eigenvalue weighted by molar-refractivity contribution is 5.31. The highest BCUT2D eigenvalue weighted by atomic mass is 19.4. The van der Waals surface area contributed by atoms with Gasteiger partial charge in [-0.3, -0.25) is 0 Å². The van der Waals surface area contributed by atoms with Crippen LogP contribution in [0.5, 0.6) is 0 Å². The van der Waals surface area contributed by atoms with E-state index in [1.54, 1.807) is 6.20 Å². The Morgan fingerprint density at radius 1 is 1.33 bits per heavy atom. The van der Waals surface area contributed by atoms with E-state index in [9.17, 15) is 17.6 Å². The first-order valence-electron chi connectivity index (χ1n) is 6.52. The quantitative estimate of drug-likeness (QED) is 0.828. The van der Waals surface area contributed by atoms with Crippen molar-refractivity contribution in [3.8, 4) is 0 Å². The van der Waals surface area contributed by atoms with Crippen LogP contribution >= 0.6 is 0 Å². The van der Waals surface area contributed by atoms with Crippen molar-refractivity contribution in [1.82, 2.24) is 15.3 Å². The third-order valence-corrected chi connectivity index (χ3v) is 3.02. The molecule has 0 aliphatic rings. The molecule has 21 heavy (non-hydrogen) atoms. The minimum Gasteiger partial charge on any atom is -0.347 e. The minimum absolute atomic E-state index is 0.393. The molecule has 2 rings (SSSR count). The molecule has 7 heteroatoms. The molecule has 1 aromatic carbocycles. The highest BCUT2D eigenvalue weighted by Crippen LogP contribution is 2.33. The number of imidazole rings is 1. The van der Waals surface area contributed by atoms with Crippen LogP contribution in [0.25, 0.3) is 0 Å². The summed E-state index contributed by atoms with van der Waals surface area (Å²) in [4.78, 5) is 6.97. The van der Waals surface area contributed by atoms with E-state index >= 15 is 0 Å². The third kappa shape index (κ3) is 3.60. The minimum atomic E-state index is -4.69. The van der Waals surface area contributed by atoms with Gasteiger partial charge in [0.05, 0.1) is 11.6 Å². The largest absolute Gasteiger partial charge is 0.419 e. The van der Waals surface area contributed by atoms with Gasteiger partial charge in [0.1, 0.15) is 11.6 Å². The number of H-pyrrole nitrogens is 1. The second-order valence-corrected chi connectivity index (χ2v) is 4.60. The summed E-state index contributed by atoms with van der Waals surface area (Å²) >= 11 is 0. The molecule has 0 bridgehead atoms. The fourth-order valence-corrected chi connectivity index (χ4v) is 2.04. The molecular formula is C14H15F4N3. The van der Waals surface area contributed by atoms with Gasteiger partial charge in [0.15, 0.2) is 0 Å². The molecule has 114 valence electrons. The Bertz CT molecular complexity index is 578. The summed E-state index contributed by atoms with van der Waals surface area (Å²) < 4.78 is 51.4. The third-order valence-electron chi connectivity index (χ3n) is 3.02. The summed E-state index contributed by atoms with van der Waals surface area (Å²) in [6, 6.07) is 2.45. The van der Waals surface area contributed by atoms with Gasteiger partial charge in [-0.1, -0.05) is 13.0 Å². The van der Waals surface area contributed by atoms with E-state index in [1.165, 1.54) is 12.3 Å². The molecule has 2 aromatic rings. The van der Waals surface area contributed by atoms with E-state index in [2.05, 4.69) is 15.3 Å². The Hall–Kier alpha value is -1.89. The van der Waals surface area contributed by atoms with Gasteiger partial charge < -0.3 is 10.3 Å². The molecule has 1 aromatic heterocycles. The van der Waals surface area contributed by atoms with E-state index in [-0.39, 0.29) is 0 Å². The maximum Gasteiger partial charge on any atom is 0.419 e. The van der Waals surface area contributed by atoms with Crippen LogP contribution in [-0.4, -0.2) is 16.5 Å². The molecule has 2 N–H and O–H groups in total. The van der Waals surface area contributed by atoms with Crippen molar-refractivity contribution in [3.05, 3.63) is 53.4 Å². The van der Waals surface area contributed by atoms with E-state index < -0.39 is 23.6 Å².